The summed E-state index contributed by atoms with van der Waals surface area (Å²) in [5.74, 6) is 0.517. The van der Waals surface area contributed by atoms with Gasteiger partial charge < -0.3 is 0 Å². The number of aromatic nitrogens is 4. The van der Waals surface area contributed by atoms with Crippen LogP contribution in [0.5, 0.6) is 0 Å². The van der Waals surface area contributed by atoms with E-state index in [1.807, 2.05) is 43.5 Å². The number of hydrogen-bond acceptors (Lipinski definition) is 3. The van der Waals surface area contributed by atoms with Crippen molar-refractivity contribution in [3.05, 3.63) is 25.3 Å². The van der Waals surface area contributed by atoms with Gasteiger partial charge in [-0.05, 0) is 36.4 Å². The van der Waals surface area contributed by atoms with Gasteiger partial charge in [-0.2, -0.15) is 5.10 Å². The Hall–Kier alpha value is -0.400. The predicted molar refractivity (Wildman–Crippen MR) is 76.4 cm³/mol. The number of nitrogens with zero attached hydrogens (tertiary/aromatic N) is 4. The minimum absolute atomic E-state index is 0.364. The average molecular weight is 383 g/mol. The predicted octanol–water partition coefficient (Wildman–Crippen LogP) is 3.41. The summed E-state index contributed by atoms with van der Waals surface area (Å²) < 4.78 is 2.45. The van der Waals surface area contributed by atoms with E-state index in [0.717, 1.165) is 17.0 Å². The van der Waals surface area contributed by atoms with Gasteiger partial charge in [-0.3, -0.25) is 4.68 Å². The topological polar surface area (TPSA) is 43.6 Å². The lowest BCUT2D eigenvalue weighted by Gasteiger charge is -2.04. The first-order chi connectivity index (χ1) is 7.91. The van der Waals surface area contributed by atoms with E-state index in [-0.39, 0.29) is 0 Å². The summed E-state index contributed by atoms with van der Waals surface area (Å²) in [5.41, 5.74) is 2.72. The Morgan fingerprint density at radius 2 is 1.65 bits per heavy atom. The highest BCUT2D eigenvalue weighted by Gasteiger charge is 2.17. The Labute approximate surface area is 122 Å². The maximum Gasteiger partial charge on any atom is 0.166 e. The number of halogens is 3. The molecule has 7 heteroatoms. The lowest BCUT2D eigenvalue weighted by molar-refractivity contribution is 0.731. The summed E-state index contributed by atoms with van der Waals surface area (Å²) in [5, 5.41) is 5.05. The van der Waals surface area contributed by atoms with Crippen LogP contribution in [0.3, 0.4) is 0 Å². The van der Waals surface area contributed by atoms with Crippen LogP contribution in [0, 0.1) is 17.4 Å². The van der Waals surface area contributed by atoms with Gasteiger partial charge in [-0.15, -0.1) is 0 Å². The first kappa shape index (κ1) is 13.0. The van der Waals surface area contributed by atoms with Gasteiger partial charge >= 0.3 is 0 Å². The molecular weight excluding hydrogens is 374 g/mol. The molecule has 2 aromatic rings. The second-order valence-corrected chi connectivity index (χ2v) is 5.41. The summed E-state index contributed by atoms with van der Waals surface area (Å²) in [6.45, 7) is 3.87. The highest BCUT2D eigenvalue weighted by atomic mass is 127. The van der Waals surface area contributed by atoms with Crippen molar-refractivity contribution in [1.82, 2.24) is 19.7 Å². The van der Waals surface area contributed by atoms with Crippen LogP contribution in [-0.4, -0.2) is 19.7 Å². The van der Waals surface area contributed by atoms with Gasteiger partial charge in [0, 0.05) is 12.7 Å². The van der Waals surface area contributed by atoms with Crippen LogP contribution in [0.25, 0.3) is 11.4 Å². The summed E-state index contributed by atoms with van der Waals surface area (Å²) in [6.07, 6.45) is 0. The molecule has 90 valence electrons. The average Bonchev–Trinajstić information content (AvgIpc) is 2.49. The van der Waals surface area contributed by atoms with E-state index < -0.39 is 0 Å². The SMILES string of the molecule is Cc1nn(C)c(C)c1-c1nc(Cl)c(I)c(Cl)n1. The molecule has 0 radical (unpaired) electrons. The molecule has 0 atom stereocenters. The van der Waals surface area contributed by atoms with Gasteiger partial charge in [0.15, 0.2) is 5.82 Å². The smallest absolute Gasteiger partial charge is 0.166 e. The second kappa shape index (κ2) is 4.70. The molecule has 0 spiro atoms. The fraction of sp³-hybridized carbons (Fsp3) is 0.300. The zero-order valence-electron chi connectivity index (χ0n) is 9.42. The van der Waals surface area contributed by atoms with Gasteiger partial charge in [-0.25, -0.2) is 9.97 Å². The van der Waals surface area contributed by atoms with Crippen molar-refractivity contribution in [2.24, 2.45) is 7.05 Å². The monoisotopic (exact) mass is 382 g/mol. The summed E-state index contributed by atoms with van der Waals surface area (Å²) >= 11 is 14.0. The highest BCUT2D eigenvalue weighted by Crippen LogP contribution is 2.29. The van der Waals surface area contributed by atoms with Crippen molar-refractivity contribution in [3.8, 4) is 11.4 Å². The van der Waals surface area contributed by atoms with Gasteiger partial charge in [0.05, 0.1) is 14.8 Å². The molecular formula is C10H9Cl2IN4. The van der Waals surface area contributed by atoms with Crippen LogP contribution < -0.4 is 0 Å². The summed E-state index contributed by atoms with van der Waals surface area (Å²) in [4.78, 5) is 8.50. The number of rotatable bonds is 1. The molecule has 0 N–H and O–H groups in total. The molecule has 2 rings (SSSR count). The zero-order valence-corrected chi connectivity index (χ0v) is 13.1. The minimum Gasteiger partial charge on any atom is -0.272 e. The van der Waals surface area contributed by atoms with Crippen molar-refractivity contribution in [1.29, 1.82) is 0 Å². The number of aryl methyl sites for hydroxylation is 2. The third-order valence-electron chi connectivity index (χ3n) is 2.50. The molecule has 0 aliphatic rings. The highest BCUT2D eigenvalue weighted by molar-refractivity contribution is 14.1. The molecule has 0 unspecified atom stereocenters. The van der Waals surface area contributed by atoms with Crippen molar-refractivity contribution in [2.75, 3.05) is 0 Å². The molecule has 0 saturated carbocycles. The molecule has 4 nitrogen and oxygen atoms in total. The molecule has 0 aromatic carbocycles. The fourth-order valence-corrected chi connectivity index (χ4v) is 2.23. The van der Waals surface area contributed by atoms with Gasteiger partial charge in [0.1, 0.15) is 10.3 Å². The van der Waals surface area contributed by atoms with E-state index in [9.17, 15) is 0 Å². The van der Waals surface area contributed by atoms with E-state index in [4.69, 9.17) is 23.2 Å². The van der Waals surface area contributed by atoms with Crippen LogP contribution in [0.4, 0.5) is 0 Å². The minimum atomic E-state index is 0.364. The van der Waals surface area contributed by atoms with Crippen molar-refractivity contribution in [2.45, 2.75) is 13.8 Å². The molecule has 2 aromatic heterocycles. The van der Waals surface area contributed by atoms with Crippen molar-refractivity contribution >= 4 is 45.8 Å². The van der Waals surface area contributed by atoms with E-state index in [1.54, 1.807) is 4.68 Å². The van der Waals surface area contributed by atoms with Crippen LogP contribution in [0.1, 0.15) is 11.4 Å². The third kappa shape index (κ3) is 2.28. The van der Waals surface area contributed by atoms with Crippen LogP contribution >= 0.6 is 45.8 Å². The molecule has 17 heavy (non-hydrogen) atoms. The Bertz CT molecular complexity index is 571. The largest absolute Gasteiger partial charge is 0.272 e. The molecule has 0 saturated heterocycles. The quantitative estimate of drug-likeness (QED) is 0.560. The van der Waals surface area contributed by atoms with E-state index in [1.165, 1.54) is 0 Å². The summed E-state index contributed by atoms with van der Waals surface area (Å²) in [6, 6.07) is 0. The normalized spacial score (nSPS) is 10.9. The maximum absolute atomic E-state index is 6.01. The summed E-state index contributed by atoms with van der Waals surface area (Å²) in [7, 11) is 1.88. The van der Waals surface area contributed by atoms with Gasteiger partial charge in [-0.1, -0.05) is 23.2 Å². The van der Waals surface area contributed by atoms with Crippen LogP contribution in [0.2, 0.25) is 10.3 Å². The van der Waals surface area contributed by atoms with Crippen molar-refractivity contribution in [3.63, 3.8) is 0 Å². The first-order valence-electron chi connectivity index (χ1n) is 4.81. The Morgan fingerprint density at radius 1 is 1.12 bits per heavy atom. The zero-order chi connectivity index (χ0) is 12.7. The Balaban J connectivity index is 2.69. The Morgan fingerprint density at radius 3 is 2.06 bits per heavy atom. The lowest BCUT2D eigenvalue weighted by atomic mass is 10.2. The molecule has 0 aliphatic heterocycles. The van der Waals surface area contributed by atoms with Gasteiger partial charge in [0.2, 0.25) is 0 Å². The second-order valence-electron chi connectivity index (χ2n) is 3.61. The van der Waals surface area contributed by atoms with E-state index >= 15 is 0 Å². The molecule has 0 fully saturated rings. The lowest BCUT2D eigenvalue weighted by Crippen LogP contribution is -1.97. The van der Waals surface area contributed by atoms with Crippen LogP contribution in [0.15, 0.2) is 0 Å². The number of hydrogen-bond donors (Lipinski definition) is 0. The third-order valence-corrected chi connectivity index (χ3v) is 4.71. The molecule has 2 heterocycles. The van der Waals surface area contributed by atoms with E-state index in [0.29, 0.717) is 19.7 Å². The van der Waals surface area contributed by atoms with E-state index in [2.05, 4.69) is 15.1 Å². The Kier molecular flexibility index (Phi) is 3.61. The molecule has 0 amide bonds. The fourth-order valence-electron chi connectivity index (χ4n) is 1.60. The van der Waals surface area contributed by atoms with Crippen molar-refractivity contribution < 1.29 is 0 Å². The maximum atomic E-state index is 6.01. The first-order valence-corrected chi connectivity index (χ1v) is 6.64. The van der Waals surface area contributed by atoms with Gasteiger partial charge in [0.25, 0.3) is 0 Å². The molecule has 0 aliphatic carbocycles. The molecule has 0 bridgehead atoms. The standard InChI is InChI=1S/C10H9Cl2IN4/c1-4-6(5(2)17(3)16-4)10-14-8(11)7(13)9(12)15-10/h1-3H3. The van der Waals surface area contributed by atoms with Crippen LogP contribution in [-0.2, 0) is 7.05 Å².